The molecular weight excluding hydrogens is 214 g/mol. The number of ether oxygens (including phenoxy) is 2. The van der Waals surface area contributed by atoms with Gasteiger partial charge < -0.3 is 9.47 Å². The fourth-order valence-electron chi connectivity index (χ4n) is 1.03. The summed E-state index contributed by atoms with van der Waals surface area (Å²) >= 11 is 5.64. The molecule has 0 unspecified atom stereocenters. The van der Waals surface area contributed by atoms with Crippen LogP contribution in [0.15, 0.2) is 18.3 Å². The first-order chi connectivity index (χ1) is 7.36. The molecule has 1 aromatic rings. The van der Waals surface area contributed by atoms with Crippen molar-refractivity contribution < 1.29 is 9.47 Å². The molecule has 0 atom stereocenters. The highest BCUT2D eigenvalue weighted by Crippen LogP contribution is 2.08. The smallest absolute Gasteiger partial charge is 0.213 e. The average Bonchev–Trinajstić information content (AvgIpc) is 2.30. The maximum Gasteiger partial charge on any atom is 0.213 e. The summed E-state index contributed by atoms with van der Waals surface area (Å²) in [5, 5.41) is 0. The highest BCUT2D eigenvalue weighted by atomic mass is 35.5. The van der Waals surface area contributed by atoms with Gasteiger partial charge in [0.15, 0.2) is 0 Å². The van der Waals surface area contributed by atoms with Crippen LogP contribution in [0.25, 0.3) is 0 Å². The number of halogens is 1. The summed E-state index contributed by atoms with van der Waals surface area (Å²) in [5.74, 6) is 1.09. The van der Waals surface area contributed by atoms with Crippen LogP contribution in [0.2, 0.25) is 0 Å². The maximum absolute atomic E-state index is 5.64. The van der Waals surface area contributed by atoms with Crippen molar-refractivity contribution in [1.29, 1.82) is 0 Å². The number of nitrogens with zero attached hydrogens (tertiary/aromatic N) is 1. The van der Waals surface area contributed by atoms with E-state index >= 15 is 0 Å². The van der Waals surface area contributed by atoms with Gasteiger partial charge in [0.1, 0.15) is 6.61 Å². The van der Waals surface area contributed by atoms with Crippen LogP contribution < -0.4 is 4.74 Å². The second kappa shape index (κ2) is 7.49. The van der Waals surface area contributed by atoms with Crippen LogP contribution in [0.3, 0.4) is 0 Å². The van der Waals surface area contributed by atoms with Gasteiger partial charge in [0.25, 0.3) is 0 Å². The summed E-state index contributed by atoms with van der Waals surface area (Å²) in [6.07, 6.45) is 2.75. The molecule has 84 valence electrons. The van der Waals surface area contributed by atoms with Crippen molar-refractivity contribution in [3.63, 3.8) is 0 Å². The van der Waals surface area contributed by atoms with E-state index in [0.29, 0.717) is 25.0 Å². The van der Waals surface area contributed by atoms with Gasteiger partial charge in [-0.3, -0.25) is 0 Å². The second-order valence-corrected chi connectivity index (χ2v) is 3.37. The lowest BCUT2D eigenvalue weighted by atomic mass is 10.3. The first-order valence-corrected chi connectivity index (χ1v) is 5.61. The molecule has 0 fully saturated rings. The Bertz CT molecular complexity index is 264. The molecule has 1 heterocycles. The molecule has 0 spiro atoms. The minimum atomic E-state index is 0.479. The van der Waals surface area contributed by atoms with Crippen LogP contribution >= 0.6 is 11.6 Å². The molecule has 15 heavy (non-hydrogen) atoms. The van der Waals surface area contributed by atoms with Gasteiger partial charge in [0, 0.05) is 24.8 Å². The fraction of sp³-hybridized carbons (Fsp3) is 0.545. The lowest BCUT2D eigenvalue weighted by Crippen LogP contribution is -2.07. The molecule has 3 nitrogen and oxygen atoms in total. The van der Waals surface area contributed by atoms with Crippen LogP contribution in [-0.4, -0.2) is 24.8 Å². The zero-order valence-electron chi connectivity index (χ0n) is 8.91. The minimum absolute atomic E-state index is 0.479. The van der Waals surface area contributed by atoms with Gasteiger partial charge in [0.2, 0.25) is 5.88 Å². The number of pyridine rings is 1. The molecule has 0 radical (unpaired) electrons. The van der Waals surface area contributed by atoms with Crippen molar-refractivity contribution in [1.82, 2.24) is 4.98 Å². The topological polar surface area (TPSA) is 31.4 Å². The molecule has 0 aliphatic heterocycles. The van der Waals surface area contributed by atoms with E-state index in [1.165, 1.54) is 0 Å². The molecule has 0 saturated carbocycles. The van der Waals surface area contributed by atoms with Gasteiger partial charge in [-0.2, -0.15) is 0 Å². The normalized spacial score (nSPS) is 10.3. The monoisotopic (exact) mass is 229 g/mol. The van der Waals surface area contributed by atoms with E-state index in [4.69, 9.17) is 21.1 Å². The maximum atomic E-state index is 5.64. The van der Waals surface area contributed by atoms with Crippen molar-refractivity contribution in [2.45, 2.75) is 19.2 Å². The third-order valence-electron chi connectivity index (χ3n) is 1.78. The van der Waals surface area contributed by atoms with E-state index in [0.717, 1.165) is 18.6 Å². The van der Waals surface area contributed by atoms with Crippen molar-refractivity contribution >= 4 is 11.6 Å². The minimum Gasteiger partial charge on any atom is -0.475 e. The van der Waals surface area contributed by atoms with Crippen LogP contribution in [0.1, 0.15) is 18.9 Å². The van der Waals surface area contributed by atoms with Gasteiger partial charge in [-0.05, 0) is 12.0 Å². The van der Waals surface area contributed by atoms with Crippen LogP contribution in [0.4, 0.5) is 0 Å². The summed E-state index contributed by atoms with van der Waals surface area (Å²) in [7, 11) is 0. The zero-order valence-corrected chi connectivity index (χ0v) is 9.67. The van der Waals surface area contributed by atoms with Crippen molar-refractivity contribution in [3.8, 4) is 5.88 Å². The quantitative estimate of drug-likeness (QED) is 0.532. The third-order valence-corrected chi connectivity index (χ3v) is 2.09. The number of rotatable bonds is 7. The van der Waals surface area contributed by atoms with E-state index in [2.05, 4.69) is 11.9 Å². The van der Waals surface area contributed by atoms with Crippen LogP contribution in [0.5, 0.6) is 5.88 Å². The van der Waals surface area contributed by atoms with Gasteiger partial charge in [-0.25, -0.2) is 4.98 Å². The Morgan fingerprint density at radius 1 is 1.27 bits per heavy atom. The third kappa shape index (κ3) is 5.00. The Balaban J connectivity index is 2.20. The zero-order chi connectivity index (χ0) is 10.9. The van der Waals surface area contributed by atoms with Gasteiger partial charge in [-0.15, -0.1) is 11.6 Å². The molecular formula is C11H16ClNO2. The van der Waals surface area contributed by atoms with Crippen LogP contribution in [0, 0.1) is 0 Å². The number of hydrogen-bond donors (Lipinski definition) is 0. The van der Waals surface area contributed by atoms with Gasteiger partial charge in [0.05, 0.1) is 6.61 Å². The van der Waals surface area contributed by atoms with E-state index in [1.54, 1.807) is 6.20 Å². The fourth-order valence-corrected chi connectivity index (χ4v) is 1.19. The summed E-state index contributed by atoms with van der Waals surface area (Å²) < 4.78 is 10.6. The molecule has 0 aliphatic rings. The first-order valence-electron chi connectivity index (χ1n) is 5.08. The van der Waals surface area contributed by atoms with Gasteiger partial charge >= 0.3 is 0 Å². The number of alkyl halides is 1. The highest BCUT2D eigenvalue weighted by molar-refractivity contribution is 6.17. The van der Waals surface area contributed by atoms with E-state index in [9.17, 15) is 0 Å². The van der Waals surface area contributed by atoms with E-state index in [-0.39, 0.29) is 0 Å². The molecule has 1 aromatic heterocycles. The van der Waals surface area contributed by atoms with Crippen molar-refractivity contribution in [2.75, 3.05) is 19.8 Å². The molecule has 0 aliphatic carbocycles. The largest absolute Gasteiger partial charge is 0.475 e. The summed E-state index contributed by atoms with van der Waals surface area (Å²) in [4.78, 5) is 4.11. The molecule has 0 amide bonds. The first kappa shape index (κ1) is 12.3. The molecule has 0 bridgehead atoms. The summed E-state index contributed by atoms with van der Waals surface area (Å²) in [6, 6.07) is 3.72. The summed E-state index contributed by atoms with van der Waals surface area (Å²) in [6.45, 7) is 4.00. The summed E-state index contributed by atoms with van der Waals surface area (Å²) in [5.41, 5.74) is 0.992. The SMILES string of the molecule is CCCOCCOc1ccc(CCl)cn1. The second-order valence-electron chi connectivity index (χ2n) is 3.10. The number of aromatic nitrogens is 1. The Morgan fingerprint density at radius 2 is 2.13 bits per heavy atom. The Hall–Kier alpha value is -0.800. The Kier molecular flexibility index (Phi) is 6.12. The van der Waals surface area contributed by atoms with Gasteiger partial charge in [-0.1, -0.05) is 13.0 Å². The van der Waals surface area contributed by atoms with E-state index in [1.807, 2.05) is 12.1 Å². The predicted octanol–water partition coefficient (Wildman–Crippen LogP) is 2.63. The van der Waals surface area contributed by atoms with E-state index < -0.39 is 0 Å². The van der Waals surface area contributed by atoms with Crippen molar-refractivity contribution in [2.24, 2.45) is 0 Å². The Labute approximate surface area is 95.4 Å². The standard InChI is InChI=1S/C11H16ClNO2/c1-2-5-14-6-7-15-11-4-3-10(8-12)9-13-11/h3-4,9H,2,5-8H2,1H3. The lowest BCUT2D eigenvalue weighted by molar-refractivity contribution is 0.0990. The van der Waals surface area contributed by atoms with Crippen molar-refractivity contribution in [3.05, 3.63) is 23.9 Å². The van der Waals surface area contributed by atoms with Crippen LogP contribution in [-0.2, 0) is 10.6 Å². The lowest BCUT2D eigenvalue weighted by Gasteiger charge is -2.05. The molecule has 4 heteroatoms. The molecule has 0 aromatic carbocycles. The molecule has 0 saturated heterocycles. The predicted molar refractivity (Wildman–Crippen MR) is 60.4 cm³/mol. The Morgan fingerprint density at radius 3 is 2.73 bits per heavy atom. The molecule has 0 N–H and O–H groups in total. The number of hydrogen-bond acceptors (Lipinski definition) is 3. The average molecular weight is 230 g/mol. The molecule has 1 rings (SSSR count). The highest BCUT2D eigenvalue weighted by Gasteiger charge is 1.95.